The first-order chi connectivity index (χ1) is 7.36. The maximum Gasteiger partial charge on any atom is 0.119 e. The minimum Gasteiger partial charge on any atom is -0.494 e. The van der Waals surface area contributed by atoms with E-state index in [1.807, 2.05) is 24.3 Å². The van der Waals surface area contributed by atoms with Gasteiger partial charge in [-0.15, -0.1) is 0 Å². The smallest absolute Gasteiger partial charge is 0.119 e. The summed E-state index contributed by atoms with van der Waals surface area (Å²) in [5, 5.41) is 0. The van der Waals surface area contributed by atoms with E-state index in [0.717, 1.165) is 37.3 Å². The average Bonchev–Trinajstić information content (AvgIpc) is 2.26. The summed E-state index contributed by atoms with van der Waals surface area (Å²) in [6.45, 7) is 2.08. The number of rotatable bonds is 7. The highest BCUT2D eigenvalue weighted by Crippen LogP contribution is 2.14. The fraction of sp³-hybridized carbons (Fsp3) is 0.500. The molecule has 0 aliphatic rings. The Hall–Kier alpha value is -1.06. The van der Waals surface area contributed by atoms with Crippen LogP contribution in [0, 0.1) is 0 Å². The number of benzene rings is 1. The van der Waals surface area contributed by atoms with E-state index in [1.165, 1.54) is 0 Å². The van der Waals surface area contributed by atoms with E-state index in [4.69, 9.17) is 15.2 Å². The topological polar surface area (TPSA) is 44.5 Å². The highest BCUT2D eigenvalue weighted by atomic mass is 16.5. The number of methoxy groups -OCH3 is 1. The molecule has 0 bridgehead atoms. The lowest BCUT2D eigenvalue weighted by Crippen LogP contribution is -2.03. The molecular formula is C12H19NO2. The van der Waals surface area contributed by atoms with E-state index in [2.05, 4.69) is 0 Å². The zero-order valence-electron chi connectivity index (χ0n) is 9.24. The quantitative estimate of drug-likeness (QED) is 0.698. The van der Waals surface area contributed by atoms with Gasteiger partial charge in [-0.2, -0.15) is 0 Å². The molecule has 0 aromatic heterocycles. The van der Waals surface area contributed by atoms with Gasteiger partial charge in [0, 0.05) is 7.11 Å². The van der Waals surface area contributed by atoms with Crippen LogP contribution in [0.25, 0.3) is 0 Å². The lowest BCUT2D eigenvalue weighted by atomic mass is 10.2. The first kappa shape index (κ1) is 12.0. The van der Waals surface area contributed by atoms with Gasteiger partial charge >= 0.3 is 0 Å². The van der Waals surface area contributed by atoms with Gasteiger partial charge in [-0.1, -0.05) is 12.1 Å². The van der Waals surface area contributed by atoms with Crippen LogP contribution in [0.3, 0.4) is 0 Å². The second-order valence-electron chi connectivity index (χ2n) is 3.42. The van der Waals surface area contributed by atoms with Crippen molar-refractivity contribution in [2.45, 2.75) is 19.4 Å². The van der Waals surface area contributed by atoms with Crippen LogP contribution < -0.4 is 10.5 Å². The summed E-state index contributed by atoms with van der Waals surface area (Å²) >= 11 is 0. The molecule has 0 spiro atoms. The minimum atomic E-state index is 0.625. The lowest BCUT2D eigenvalue weighted by Gasteiger charge is -2.07. The highest BCUT2D eigenvalue weighted by molar-refractivity contribution is 5.28. The van der Waals surface area contributed by atoms with E-state index >= 15 is 0 Å². The van der Waals surface area contributed by atoms with Gasteiger partial charge < -0.3 is 15.2 Å². The molecule has 0 unspecified atom stereocenters. The molecule has 0 radical (unpaired) electrons. The van der Waals surface area contributed by atoms with Crippen molar-refractivity contribution < 1.29 is 9.47 Å². The Morgan fingerprint density at radius 3 is 2.87 bits per heavy atom. The summed E-state index contributed by atoms with van der Waals surface area (Å²) in [5.41, 5.74) is 6.53. The van der Waals surface area contributed by atoms with E-state index in [0.29, 0.717) is 6.61 Å². The van der Waals surface area contributed by atoms with Gasteiger partial charge in [0.05, 0.1) is 13.2 Å². The Labute approximate surface area is 91.2 Å². The monoisotopic (exact) mass is 209 g/mol. The first-order valence-electron chi connectivity index (χ1n) is 5.27. The van der Waals surface area contributed by atoms with Crippen molar-refractivity contribution in [3.05, 3.63) is 29.8 Å². The minimum absolute atomic E-state index is 0.625. The standard InChI is InChI=1S/C12H19NO2/c1-14-10-11-5-4-6-12(9-11)15-8-3-2-7-13/h4-6,9H,2-3,7-8,10,13H2,1H3. The summed E-state index contributed by atoms with van der Waals surface area (Å²) in [6.07, 6.45) is 2.02. The number of ether oxygens (including phenoxy) is 2. The average molecular weight is 209 g/mol. The Kier molecular flexibility index (Phi) is 5.81. The molecule has 3 heteroatoms. The predicted molar refractivity (Wildman–Crippen MR) is 60.9 cm³/mol. The zero-order valence-corrected chi connectivity index (χ0v) is 9.24. The van der Waals surface area contributed by atoms with Crippen molar-refractivity contribution in [1.82, 2.24) is 0 Å². The Balaban J connectivity index is 2.36. The van der Waals surface area contributed by atoms with Crippen molar-refractivity contribution in [1.29, 1.82) is 0 Å². The molecule has 1 aromatic rings. The lowest BCUT2D eigenvalue weighted by molar-refractivity contribution is 0.184. The van der Waals surface area contributed by atoms with Crippen molar-refractivity contribution in [2.24, 2.45) is 5.73 Å². The van der Waals surface area contributed by atoms with Crippen LogP contribution in [0.2, 0.25) is 0 Å². The molecule has 15 heavy (non-hydrogen) atoms. The van der Waals surface area contributed by atoms with Crippen LogP contribution in [0.15, 0.2) is 24.3 Å². The van der Waals surface area contributed by atoms with E-state index in [-0.39, 0.29) is 0 Å². The van der Waals surface area contributed by atoms with Gasteiger partial charge in [0.2, 0.25) is 0 Å². The molecule has 0 atom stereocenters. The number of unbranched alkanes of at least 4 members (excludes halogenated alkanes) is 1. The molecule has 0 heterocycles. The Morgan fingerprint density at radius 2 is 2.13 bits per heavy atom. The molecule has 1 rings (SSSR count). The van der Waals surface area contributed by atoms with Gasteiger partial charge in [0.15, 0.2) is 0 Å². The van der Waals surface area contributed by atoms with Crippen molar-refractivity contribution in [3.8, 4) is 5.75 Å². The maximum atomic E-state index is 5.58. The Morgan fingerprint density at radius 1 is 1.27 bits per heavy atom. The van der Waals surface area contributed by atoms with Gasteiger partial charge in [-0.05, 0) is 37.1 Å². The molecule has 0 amide bonds. The molecule has 0 saturated carbocycles. The predicted octanol–water partition coefficient (Wildman–Crippen LogP) is 1.95. The van der Waals surface area contributed by atoms with Crippen LogP contribution in [0.1, 0.15) is 18.4 Å². The molecular weight excluding hydrogens is 190 g/mol. The SMILES string of the molecule is COCc1cccc(OCCCCN)c1. The number of hydrogen-bond acceptors (Lipinski definition) is 3. The highest BCUT2D eigenvalue weighted by Gasteiger charge is 1.96. The largest absolute Gasteiger partial charge is 0.494 e. The second-order valence-corrected chi connectivity index (χ2v) is 3.42. The molecule has 0 fully saturated rings. The van der Waals surface area contributed by atoms with Gasteiger partial charge in [-0.25, -0.2) is 0 Å². The zero-order chi connectivity index (χ0) is 10.9. The fourth-order valence-corrected chi connectivity index (χ4v) is 1.33. The summed E-state index contributed by atoms with van der Waals surface area (Å²) < 4.78 is 10.6. The van der Waals surface area contributed by atoms with Crippen LogP contribution >= 0.6 is 0 Å². The second kappa shape index (κ2) is 7.26. The molecule has 1 aromatic carbocycles. The summed E-state index contributed by atoms with van der Waals surface area (Å²) in [4.78, 5) is 0. The number of nitrogens with two attached hydrogens (primary N) is 1. The molecule has 0 aliphatic carbocycles. The molecule has 3 nitrogen and oxygen atoms in total. The molecule has 0 aliphatic heterocycles. The number of hydrogen-bond donors (Lipinski definition) is 1. The first-order valence-corrected chi connectivity index (χ1v) is 5.27. The molecule has 0 saturated heterocycles. The maximum absolute atomic E-state index is 5.58. The summed E-state index contributed by atoms with van der Waals surface area (Å²) in [5.74, 6) is 0.904. The van der Waals surface area contributed by atoms with Crippen LogP contribution in [-0.4, -0.2) is 20.3 Å². The molecule has 84 valence electrons. The third-order valence-corrected chi connectivity index (χ3v) is 2.08. The third kappa shape index (κ3) is 4.81. The summed E-state index contributed by atoms with van der Waals surface area (Å²) in [6, 6.07) is 7.97. The van der Waals surface area contributed by atoms with Crippen LogP contribution in [0.5, 0.6) is 5.75 Å². The van der Waals surface area contributed by atoms with Gasteiger partial charge in [0.25, 0.3) is 0 Å². The third-order valence-electron chi connectivity index (χ3n) is 2.08. The van der Waals surface area contributed by atoms with Crippen molar-refractivity contribution in [2.75, 3.05) is 20.3 Å². The normalized spacial score (nSPS) is 10.3. The summed E-state index contributed by atoms with van der Waals surface area (Å²) in [7, 11) is 1.69. The fourth-order valence-electron chi connectivity index (χ4n) is 1.33. The van der Waals surface area contributed by atoms with Gasteiger partial charge in [0.1, 0.15) is 5.75 Å². The van der Waals surface area contributed by atoms with Crippen molar-refractivity contribution >= 4 is 0 Å². The van der Waals surface area contributed by atoms with Crippen LogP contribution in [-0.2, 0) is 11.3 Å². The van der Waals surface area contributed by atoms with E-state index < -0.39 is 0 Å². The Bertz CT molecular complexity index is 276. The van der Waals surface area contributed by atoms with Crippen molar-refractivity contribution in [3.63, 3.8) is 0 Å². The van der Waals surface area contributed by atoms with E-state index in [1.54, 1.807) is 7.11 Å². The molecule has 2 N–H and O–H groups in total. The van der Waals surface area contributed by atoms with Crippen LogP contribution in [0.4, 0.5) is 0 Å². The van der Waals surface area contributed by atoms with Gasteiger partial charge in [-0.3, -0.25) is 0 Å². The van der Waals surface area contributed by atoms with E-state index in [9.17, 15) is 0 Å².